The summed E-state index contributed by atoms with van der Waals surface area (Å²) >= 11 is 1.71. The molecule has 0 bridgehead atoms. The summed E-state index contributed by atoms with van der Waals surface area (Å²) in [4.78, 5) is 24.3. The molecule has 0 radical (unpaired) electrons. The van der Waals surface area contributed by atoms with Gasteiger partial charge in [-0.25, -0.2) is 0 Å². The van der Waals surface area contributed by atoms with Gasteiger partial charge in [0.15, 0.2) is 6.29 Å². The fourth-order valence-corrected chi connectivity index (χ4v) is 3.16. The van der Waals surface area contributed by atoms with Crippen LogP contribution in [0.15, 0.2) is 52.3 Å². The van der Waals surface area contributed by atoms with E-state index in [1.807, 2.05) is 24.3 Å². The molecule has 0 N–H and O–H groups in total. The third-order valence-electron chi connectivity index (χ3n) is 3.03. The fourth-order valence-electron chi connectivity index (χ4n) is 2.11. The molecule has 3 heteroatoms. The van der Waals surface area contributed by atoms with Crippen LogP contribution in [-0.4, -0.2) is 12.1 Å². The number of carbonyl (C=O) groups excluding carboxylic acids is 2. The first-order chi connectivity index (χ1) is 8.78. The zero-order valence-electron chi connectivity index (χ0n) is 9.55. The van der Waals surface area contributed by atoms with Crippen molar-refractivity contribution in [3.8, 4) is 0 Å². The van der Waals surface area contributed by atoms with Gasteiger partial charge in [0.05, 0.1) is 0 Å². The first-order valence-corrected chi connectivity index (χ1v) is 6.48. The summed E-state index contributed by atoms with van der Waals surface area (Å²) in [7, 11) is 0. The second-order valence-electron chi connectivity index (χ2n) is 4.19. The largest absolute Gasteiger partial charge is 0.294 e. The lowest BCUT2D eigenvalue weighted by Crippen LogP contribution is -2.04. The van der Waals surface area contributed by atoms with E-state index in [9.17, 15) is 9.59 Å². The zero-order chi connectivity index (χ0) is 12.5. The highest BCUT2D eigenvalue weighted by Gasteiger charge is 2.17. The van der Waals surface area contributed by atoms with Gasteiger partial charge in [-0.15, -0.1) is 0 Å². The Kier molecular flexibility index (Phi) is 2.76. The molecule has 2 aromatic rings. The molecule has 1 aliphatic rings. The van der Waals surface area contributed by atoms with E-state index in [2.05, 4.69) is 12.1 Å². The second-order valence-corrected chi connectivity index (χ2v) is 5.27. The van der Waals surface area contributed by atoms with Crippen LogP contribution in [0.25, 0.3) is 0 Å². The van der Waals surface area contributed by atoms with Crippen molar-refractivity contribution in [3.05, 3.63) is 59.2 Å². The number of benzene rings is 2. The molecular formula is C15H10O2S. The number of hydrogen-bond donors (Lipinski definition) is 0. The fraction of sp³-hybridized carbons (Fsp3) is 0.0667. The van der Waals surface area contributed by atoms with Crippen LogP contribution < -0.4 is 0 Å². The number of aldehydes is 1. The molecule has 2 nitrogen and oxygen atoms in total. The molecule has 0 atom stereocenters. The van der Waals surface area contributed by atoms with Gasteiger partial charge in [-0.1, -0.05) is 30.0 Å². The first-order valence-electron chi connectivity index (χ1n) is 5.66. The van der Waals surface area contributed by atoms with E-state index in [1.165, 1.54) is 10.5 Å². The van der Waals surface area contributed by atoms with Crippen LogP contribution in [0.5, 0.6) is 0 Å². The molecule has 1 aliphatic heterocycles. The smallest absolute Gasteiger partial charge is 0.225 e. The Balaban J connectivity index is 2.03. The van der Waals surface area contributed by atoms with Crippen LogP contribution in [0, 0.1) is 0 Å². The quantitative estimate of drug-likeness (QED) is 0.400. The third kappa shape index (κ3) is 1.87. The van der Waals surface area contributed by atoms with Crippen molar-refractivity contribution in [1.29, 1.82) is 0 Å². The van der Waals surface area contributed by atoms with Crippen LogP contribution >= 0.6 is 11.8 Å². The minimum absolute atomic E-state index is 0.367. The maximum Gasteiger partial charge on any atom is 0.225 e. The number of Topliss-reactive ketones (excluding diaryl/α,β-unsaturated/α-hetero) is 1. The molecule has 0 aliphatic carbocycles. The molecule has 0 spiro atoms. The van der Waals surface area contributed by atoms with E-state index in [0.29, 0.717) is 11.8 Å². The molecule has 18 heavy (non-hydrogen) atoms. The molecule has 0 aromatic heterocycles. The number of ketones is 1. The van der Waals surface area contributed by atoms with Crippen molar-refractivity contribution < 1.29 is 9.59 Å². The minimum atomic E-state index is -0.457. The molecule has 88 valence electrons. The highest BCUT2D eigenvalue weighted by Crippen LogP contribution is 2.39. The van der Waals surface area contributed by atoms with Crippen molar-refractivity contribution in [2.45, 2.75) is 16.2 Å². The van der Waals surface area contributed by atoms with Gasteiger partial charge in [0.2, 0.25) is 5.78 Å². The monoisotopic (exact) mass is 254 g/mol. The number of rotatable bonds is 2. The minimum Gasteiger partial charge on any atom is -0.294 e. The van der Waals surface area contributed by atoms with Gasteiger partial charge in [0, 0.05) is 15.4 Å². The molecule has 1 heterocycles. The summed E-state index contributed by atoms with van der Waals surface area (Å²) in [5.74, 6) is -0.457. The van der Waals surface area contributed by atoms with Gasteiger partial charge in [-0.05, 0) is 41.8 Å². The van der Waals surface area contributed by atoms with Crippen LogP contribution in [0.2, 0.25) is 0 Å². The molecule has 0 saturated heterocycles. The normalized spacial score (nSPS) is 12.4. The molecule has 2 aromatic carbocycles. The molecule has 0 amide bonds. The van der Waals surface area contributed by atoms with Crippen LogP contribution in [-0.2, 0) is 11.2 Å². The second kappa shape index (κ2) is 4.42. The summed E-state index contributed by atoms with van der Waals surface area (Å²) < 4.78 is 0. The number of fused-ring (bicyclic) bond motifs is 2. The molecule has 0 saturated carbocycles. The summed E-state index contributed by atoms with van der Waals surface area (Å²) in [5.41, 5.74) is 2.86. The van der Waals surface area contributed by atoms with E-state index in [1.54, 1.807) is 17.8 Å². The van der Waals surface area contributed by atoms with Gasteiger partial charge >= 0.3 is 0 Å². The molecular weight excluding hydrogens is 244 g/mol. The predicted octanol–water partition coefficient (Wildman–Crippen LogP) is 3.12. The van der Waals surface area contributed by atoms with Crippen LogP contribution in [0.1, 0.15) is 21.5 Å². The molecule has 3 rings (SSSR count). The Morgan fingerprint density at radius 1 is 1.06 bits per heavy atom. The summed E-state index contributed by atoms with van der Waals surface area (Å²) in [6, 6.07) is 13.7. The lowest BCUT2D eigenvalue weighted by molar-refractivity contribution is -0.104. The third-order valence-corrected chi connectivity index (χ3v) is 4.26. The lowest BCUT2D eigenvalue weighted by atomic mass is 10.0. The summed E-state index contributed by atoms with van der Waals surface area (Å²) in [6.07, 6.45) is 1.18. The Bertz CT molecular complexity index is 647. The van der Waals surface area contributed by atoms with Crippen molar-refractivity contribution >= 4 is 23.8 Å². The maximum atomic E-state index is 11.4. The van der Waals surface area contributed by atoms with Crippen molar-refractivity contribution in [2.24, 2.45) is 0 Å². The van der Waals surface area contributed by atoms with E-state index in [4.69, 9.17) is 0 Å². The SMILES string of the molecule is O=CC(=O)c1ccc2c(c1)Cc1ccccc1S2. The van der Waals surface area contributed by atoms with E-state index < -0.39 is 5.78 Å². The van der Waals surface area contributed by atoms with Crippen molar-refractivity contribution in [2.75, 3.05) is 0 Å². The first kappa shape index (κ1) is 11.2. The van der Waals surface area contributed by atoms with Crippen molar-refractivity contribution in [3.63, 3.8) is 0 Å². The average Bonchev–Trinajstić information content (AvgIpc) is 2.43. The van der Waals surface area contributed by atoms with Gasteiger partial charge in [0.1, 0.15) is 0 Å². The average molecular weight is 254 g/mol. The maximum absolute atomic E-state index is 11.4. The standard InChI is InChI=1S/C15H10O2S/c16-9-13(17)10-5-6-15-12(7-10)8-11-3-1-2-4-14(11)18-15/h1-7,9H,8H2. The Labute approximate surface area is 109 Å². The highest BCUT2D eigenvalue weighted by molar-refractivity contribution is 7.99. The number of carbonyl (C=O) groups is 2. The number of hydrogen-bond acceptors (Lipinski definition) is 3. The van der Waals surface area contributed by atoms with E-state index in [0.717, 1.165) is 16.9 Å². The van der Waals surface area contributed by atoms with Crippen LogP contribution in [0.4, 0.5) is 0 Å². The summed E-state index contributed by atoms with van der Waals surface area (Å²) in [6.45, 7) is 0. The molecule has 0 fully saturated rings. The van der Waals surface area contributed by atoms with Crippen molar-refractivity contribution in [1.82, 2.24) is 0 Å². The Morgan fingerprint density at radius 2 is 1.83 bits per heavy atom. The van der Waals surface area contributed by atoms with Gasteiger partial charge in [-0.2, -0.15) is 0 Å². The van der Waals surface area contributed by atoms with Gasteiger partial charge in [-0.3, -0.25) is 9.59 Å². The Hall–Kier alpha value is -1.87. The van der Waals surface area contributed by atoms with E-state index in [-0.39, 0.29) is 0 Å². The highest BCUT2D eigenvalue weighted by atomic mass is 32.2. The van der Waals surface area contributed by atoms with Gasteiger partial charge in [0.25, 0.3) is 0 Å². The zero-order valence-corrected chi connectivity index (χ0v) is 10.4. The van der Waals surface area contributed by atoms with E-state index >= 15 is 0 Å². The topological polar surface area (TPSA) is 34.1 Å². The van der Waals surface area contributed by atoms with Gasteiger partial charge < -0.3 is 0 Å². The summed E-state index contributed by atoms with van der Waals surface area (Å²) in [5, 5.41) is 0. The van der Waals surface area contributed by atoms with Crippen LogP contribution in [0.3, 0.4) is 0 Å². The molecule has 0 unspecified atom stereocenters. The predicted molar refractivity (Wildman–Crippen MR) is 70.2 cm³/mol. The lowest BCUT2D eigenvalue weighted by Gasteiger charge is -2.19. The Morgan fingerprint density at radius 3 is 2.67 bits per heavy atom.